The molecule has 0 saturated carbocycles. The van der Waals surface area contributed by atoms with Crippen LogP contribution in [0.15, 0.2) is 30.6 Å². The fourth-order valence-corrected chi connectivity index (χ4v) is 1.47. The van der Waals surface area contributed by atoms with Gasteiger partial charge in [-0.3, -0.25) is 0 Å². The molecule has 1 N–H and O–H groups in total. The maximum Gasteiger partial charge on any atom is 0.202 e. The Kier molecular flexibility index (Phi) is 3.06. The lowest BCUT2D eigenvalue weighted by Crippen LogP contribution is -2.06. The Morgan fingerprint density at radius 3 is 2.94 bits per heavy atom. The summed E-state index contributed by atoms with van der Waals surface area (Å²) in [7, 11) is 1.85. The van der Waals surface area contributed by atoms with Crippen molar-refractivity contribution in [1.29, 1.82) is 5.26 Å². The zero-order chi connectivity index (χ0) is 12.3. The number of aryl methyl sites for hydroxylation is 1. The second-order valence-corrected chi connectivity index (χ2v) is 3.63. The predicted octanol–water partition coefficient (Wildman–Crippen LogP) is 2.04. The quantitative estimate of drug-likeness (QED) is 0.877. The van der Waals surface area contributed by atoms with Gasteiger partial charge in [0.2, 0.25) is 5.95 Å². The van der Waals surface area contributed by atoms with Gasteiger partial charge in [-0.1, -0.05) is 6.07 Å². The molecular weight excluding hydrogens is 219 g/mol. The molecule has 4 nitrogen and oxygen atoms in total. The summed E-state index contributed by atoms with van der Waals surface area (Å²) < 4.78 is 15.4. The third-order valence-corrected chi connectivity index (χ3v) is 2.44. The van der Waals surface area contributed by atoms with E-state index >= 15 is 0 Å². The van der Waals surface area contributed by atoms with Gasteiger partial charge >= 0.3 is 0 Å². The van der Waals surface area contributed by atoms with Crippen molar-refractivity contribution in [3.05, 3.63) is 47.5 Å². The normalized spacial score (nSPS) is 9.94. The van der Waals surface area contributed by atoms with E-state index in [0.29, 0.717) is 23.6 Å². The maximum absolute atomic E-state index is 13.5. The second kappa shape index (κ2) is 4.66. The van der Waals surface area contributed by atoms with E-state index in [4.69, 9.17) is 5.26 Å². The average Bonchev–Trinajstić information content (AvgIpc) is 2.73. The molecule has 0 aliphatic rings. The minimum atomic E-state index is -0.384. The molecule has 0 amide bonds. The standard InChI is InChI=1S/C12H11FN4/c1-17-5-4-15-12(17)16-8-10-3-2-9(7-14)6-11(10)13/h2-6H,8H2,1H3,(H,15,16). The highest BCUT2D eigenvalue weighted by molar-refractivity contribution is 5.35. The van der Waals surface area contributed by atoms with Crippen molar-refractivity contribution in [3.8, 4) is 6.07 Å². The van der Waals surface area contributed by atoms with Crippen LogP contribution in [0, 0.1) is 17.1 Å². The third kappa shape index (κ3) is 2.42. The van der Waals surface area contributed by atoms with E-state index in [-0.39, 0.29) is 5.82 Å². The van der Waals surface area contributed by atoms with Crippen LogP contribution in [0.3, 0.4) is 0 Å². The molecule has 86 valence electrons. The number of hydrogen-bond acceptors (Lipinski definition) is 3. The van der Waals surface area contributed by atoms with E-state index in [2.05, 4.69) is 10.3 Å². The highest BCUT2D eigenvalue weighted by Gasteiger charge is 2.04. The molecule has 0 aliphatic heterocycles. The number of anilines is 1. The van der Waals surface area contributed by atoms with Gasteiger partial charge in [0.05, 0.1) is 11.6 Å². The van der Waals surface area contributed by atoms with Gasteiger partial charge in [0.1, 0.15) is 5.82 Å². The molecule has 0 fully saturated rings. The fraction of sp³-hybridized carbons (Fsp3) is 0.167. The van der Waals surface area contributed by atoms with Crippen molar-refractivity contribution in [2.75, 3.05) is 5.32 Å². The van der Waals surface area contributed by atoms with E-state index in [1.54, 1.807) is 24.5 Å². The lowest BCUT2D eigenvalue weighted by atomic mass is 10.1. The number of rotatable bonds is 3. The number of nitriles is 1. The molecule has 0 saturated heterocycles. The van der Waals surface area contributed by atoms with Crippen molar-refractivity contribution in [3.63, 3.8) is 0 Å². The van der Waals surface area contributed by atoms with E-state index < -0.39 is 0 Å². The van der Waals surface area contributed by atoms with Gasteiger partial charge in [-0.15, -0.1) is 0 Å². The van der Waals surface area contributed by atoms with Crippen molar-refractivity contribution in [2.45, 2.75) is 6.54 Å². The molecule has 2 rings (SSSR count). The molecule has 1 aromatic heterocycles. The zero-order valence-corrected chi connectivity index (χ0v) is 9.31. The van der Waals surface area contributed by atoms with E-state index in [0.717, 1.165) is 0 Å². The third-order valence-electron chi connectivity index (χ3n) is 2.44. The Bertz CT molecular complexity index is 568. The average molecular weight is 230 g/mol. The molecule has 17 heavy (non-hydrogen) atoms. The smallest absolute Gasteiger partial charge is 0.202 e. The number of nitrogens with one attached hydrogen (secondary N) is 1. The van der Waals surface area contributed by atoms with Crippen molar-refractivity contribution >= 4 is 5.95 Å². The first-order chi connectivity index (χ1) is 8.20. The van der Waals surface area contributed by atoms with Crippen molar-refractivity contribution in [1.82, 2.24) is 9.55 Å². The van der Waals surface area contributed by atoms with Gasteiger partial charge in [-0.25, -0.2) is 9.37 Å². The molecule has 0 aliphatic carbocycles. The number of halogens is 1. The lowest BCUT2D eigenvalue weighted by molar-refractivity contribution is 0.612. The van der Waals surface area contributed by atoms with E-state index in [1.807, 2.05) is 17.7 Å². The van der Waals surface area contributed by atoms with Gasteiger partial charge in [0.15, 0.2) is 0 Å². The summed E-state index contributed by atoms with van der Waals surface area (Å²) in [6, 6.07) is 6.33. The summed E-state index contributed by atoms with van der Waals surface area (Å²) in [5.41, 5.74) is 0.829. The second-order valence-electron chi connectivity index (χ2n) is 3.63. The number of aromatic nitrogens is 2. The molecule has 1 heterocycles. The lowest BCUT2D eigenvalue weighted by Gasteiger charge is -2.07. The van der Waals surface area contributed by atoms with Crippen molar-refractivity contribution in [2.24, 2.45) is 7.05 Å². The molecule has 2 aromatic rings. The summed E-state index contributed by atoms with van der Waals surface area (Å²) in [5.74, 6) is 0.291. The minimum absolute atomic E-state index is 0.322. The van der Waals surface area contributed by atoms with E-state index in [1.165, 1.54) is 6.07 Å². The Balaban J connectivity index is 2.10. The number of hydrogen-bond donors (Lipinski definition) is 1. The Hall–Kier alpha value is -2.35. The molecule has 0 atom stereocenters. The van der Waals surface area contributed by atoms with Crippen LogP contribution < -0.4 is 5.32 Å². The first kappa shape index (κ1) is 11.1. The van der Waals surface area contributed by atoms with Crippen LogP contribution in [-0.4, -0.2) is 9.55 Å². The fourth-order valence-electron chi connectivity index (χ4n) is 1.47. The number of imidazole rings is 1. The molecule has 0 spiro atoms. The van der Waals surface area contributed by atoms with E-state index in [9.17, 15) is 4.39 Å². The summed E-state index contributed by atoms with van der Waals surface area (Å²) in [6.07, 6.45) is 3.47. The Labute approximate surface area is 98.3 Å². The van der Waals surface area contributed by atoms with Gasteiger partial charge in [-0.2, -0.15) is 5.26 Å². The minimum Gasteiger partial charge on any atom is -0.351 e. The predicted molar refractivity (Wildman–Crippen MR) is 61.6 cm³/mol. The molecule has 0 unspecified atom stereocenters. The summed E-state index contributed by atoms with van der Waals surface area (Å²) in [4.78, 5) is 4.07. The molecule has 0 radical (unpaired) electrons. The van der Waals surface area contributed by atoms with Crippen LogP contribution in [0.2, 0.25) is 0 Å². The maximum atomic E-state index is 13.5. The SMILES string of the molecule is Cn1ccnc1NCc1ccc(C#N)cc1F. The van der Waals surface area contributed by atoms with Gasteiger partial charge in [0, 0.05) is 31.5 Å². The van der Waals surface area contributed by atoms with Crippen LogP contribution in [0.25, 0.3) is 0 Å². The first-order valence-electron chi connectivity index (χ1n) is 5.10. The number of benzene rings is 1. The van der Waals surface area contributed by atoms with Gasteiger partial charge in [0.25, 0.3) is 0 Å². The summed E-state index contributed by atoms with van der Waals surface area (Å²) in [6.45, 7) is 0.336. The van der Waals surface area contributed by atoms with Crippen LogP contribution in [0.1, 0.15) is 11.1 Å². The van der Waals surface area contributed by atoms with Crippen LogP contribution in [0.5, 0.6) is 0 Å². The largest absolute Gasteiger partial charge is 0.351 e. The van der Waals surface area contributed by atoms with Gasteiger partial charge in [-0.05, 0) is 12.1 Å². The summed E-state index contributed by atoms with van der Waals surface area (Å²) in [5, 5.41) is 11.6. The molecular formula is C12H11FN4. The Morgan fingerprint density at radius 2 is 2.35 bits per heavy atom. The van der Waals surface area contributed by atoms with Crippen molar-refractivity contribution < 1.29 is 4.39 Å². The highest BCUT2D eigenvalue weighted by atomic mass is 19.1. The monoisotopic (exact) mass is 230 g/mol. The highest BCUT2D eigenvalue weighted by Crippen LogP contribution is 2.12. The first-order valence-corrected chi connectivity index (χ1v) is 5.10. The van der Waals surface area contributed by atoms with Crippen LogP contribution >= 0.6 is 0 Å². The number of nitrogens with zero attached hydrogens (tertiary/aromatic N) is 3. The Morgan fingerprint density at radius 1 is 1.53 bits per heavy atom. The molecule has 0 bridgehead atoms. The zero-order valence-electron chi connectivity index (χ0n) is 9.31. The van der Waals surface area contributed by atoms with Gasteiger partial charge < -0.3 is 9.88 Å². The van der Waals surface area contributed by atoms with Crippen LogP contribution in [0.4, 0.5) is 10.3 Å². The van der Waals surface area contributed by atoms with Crippen LogP contribution in [-0.2, 0) is 13.6 Å². The summed E-state index contributed by atoms with van der Waals surface area (Å²) >= 11 is 0. The topological polar surface area (TPSA) is 53.6 Å². The molecule has 5 heteroatoms. The molecule has 1 aromatic carbocycles.